The Morgan fingerprint density at radius 1 is 1.23 bits per heavy atom. The minimum atomic E-state index is -0.586. The number of aryl methyl sites for hydroxylation is 2. The summed E-state index contributed by atoms with van der Waals surface area (Å²) in [5, 5.41) is 7.02. The second-order valence-corrected chi connectivity index (χ2v) is 4.95. The maximum Gasteiger partial charge on any atom is 0.324 e. The highest BCUT2D eigenvalue weighted by Crippen LogP contribution is 2.12. The predicted molar refractivity (Wildman–Crippen MR) is 81.1 cm³/mol. The zero-order valence-corrected chi connectivity index (χ0v) is 11.9. The zero-order chi connectivity index (χ0) is 15.4. The van der Waals surface area contributed by atoms with Crippen molar-refractivity contribution in [2.24, 2.45) is 5.73 Å². The zero-order valence-electron chi connectivity index (χ0n) is 11.9. The molecule has 0 bridgehead atoms. The van der Waals surface area contributed by atoms with Gasteiger partial charge in [-0.3, -0.25) is 9.67 Å². The molecule has 22 heavy (non-hydrogen) atoms. The fourth-order valence-electron chi connectivity index (χ4n) is 2.19. The van der Waals surface area contributed by atoms with Crippen molar-refractivity contribution < 1.29 is 4.79 Å². The molecule has 3 aromatic rings. The highest BCUT2D eigenvalue weighted by Gasteiger charge is 2.10. The van der Waals surface area contributed by atoms with Crippen LogP contribution in [-0.2, 0) is 12.8 Å². The maximum atomic E-state index is 11.0. The second kappa shape index (κ2) is 6.21. The molecule has 0 aliphatic heterocycles. The first kappa shape index (κ1) is 14.0. The first-order valence-corrected chi connectivity index (χ1v) is 7.02. The molecule has 0 aliphatic rings. The van der Waals surface area contributed by atoms with Crippen molar-refractivity contribution in [2.75, 3.05) is 0 Å². The van der Waals surface area contributed by atoms with Crippen molar-refractivity contribution >= 4 is 6.03 Å². The summed E-state index contributed by atoms with van der Waals surface area (Å²) in [6.45, 7) is 0. The summed E-state index contributed by atoms with van der Waals surface area (Å²) >= 11 is 0. The van der Waals surface area contributed by atoms with Crippen LogP contribution in [-0.4, -0.2) is 30.8 Å². The number of nitrogens with zero attached hydrogens (tertiary/aromatic N) is 4. The molecule has 0 saturated heterocycles. The molecule has 2 aromatic heterocycles. The van der Waals surface area contributed by atoms with Gasteiger partial charge in [0.25, 0.3) is 0 Å². The molecule has 0 aliphatic carbocycles. The molecule has 3 rings (SSSR count). The summed E-state index contributed by atoms with van der Waals surface area (Å²) in [5.41, 5.74) is 6.99. The van der Waals surface area contributed by atoms with Crippen LogP contribution in [0.4, 0.5) is 4.79 Å². The summed E-state index contributed by atoms with van der Waals surface area (Å²) in [5.74, 6) is 1.27. The maximum absolute atomic E-state index is 11.0. The van der Waals surface area contributed by atoms with E-state index in [-0.39, 0.29) is 0 Å². The Morgan fingerprint density at radius 2 is 2.05 bits per heavy atom. The number of hydrogen-bond acceptors (Lipinski definition) is 4. The molecule has 1 amide bonds. The van der Waals surface area contributed by atoms with E-state index in [0.29, 0.717) is 11.5 Å². The van der Waals surface area contributed by atoms with Gasteiger partial charge in [-0.15, -0.1) is 0 Å². The van der Waals surface area contributed by atoms with Gasteiger partial charge in [0, 0.05) is 12.6 Å². The van der Waals surface area contributed by atoms with Gasteiger partial charge in [0.05, 0.1) is 0 Å². The van der Waals surface area contributed by atoms with E-state index in [1.54, 1.807) is 0 Å². The fraction of sp³-hybridized carbons (Fsp3) is 0.200. The Hall–Kier alpha value is -2.96. The molecule has 1 aromatic carbocycles. The van der Waals surface area contributed by atoms with Gasteiger partial charge in [0.1, 0.15) is 17.8 Å². The van der Waals surface area contributed by atoms with Crippen LogP contribution in [0, 0.1) is 0 Å². The molecule has 7 nitrogen and oxygen atoms in total. The molecule has 0 radical (unpaired) electrons. The number of aromatic amines is 1. The van der Waals surface area contributed by atoms with Crippen LogP contribution in [0.5, 0.6) is 0 Å². The lowest BCUT2D eigenvalue weighted by Gasteiger charge is -1.98. The molecule has 3 N–H and O–H groups in total. The van der Waals surface area contributed by atoms with E-state index in [4.69, 9.17) is 5.73 Å². The summed E-state index contributed by atoms with van der Waals surface area (Å²) in [6.07, 6.45) is 5.64. The number of imidazole rings is 1. The first-order chi connectivity index (χ1) is 10.7. The van der Waals surface area contributed by atoms with E-state index in [1.165, 1.54) is 22.7 Å². The number of nitrogens with two attached hydrogens (primary N) is 1. The van der Waals surface area contributed by atoms with Gasteiger partial charge >= 0.3 is 6.03 Å². The van der Waals surface area contributed by atoms with E-state index in [0.717, 1.165) is 25.1 Å². The van der Waals surface area contributed by atoms with Gasteiger partial charge in [0.2, 0.25) is 5.82 Å². The topological polar surface area (TPSA) is 102 Å². The fourth-order valence-corrected chi connectivity index (χ4v) is 2.19. The van der Waals surface area contributed by atoms with Crippen LogP contribution in [0.25, 0.3) is 11.5 Å². The highest BCUT2D eigenvalue weighted by molar-refractivity contribution is 5.75. The van der Waals surface area contributed by atoms with Crippen LogP contribution in [0.2, 0.25) is 0 Å². The minimum Gasteiger partial charge on any atom is -0.351 e. The van der Waals surface area contributed by atoms with Crippen molar-refractivity contribution in [1.29, 1.82) is 0 Å². The Morgan fingerprint density at radius 3 is 2.77 bits per heavy atom. The van der Waals surface area contributed by atoms with E-state index < -0.39 is 6.03 Å². The van der Waals surface area contributed by atoms with Gasteiger partial charge in [-0.2, -0.15) is 5.10 Å². The molecule has 0 fully saturated rings. The number of nitrogens with one attached hydrogen (secondary N) is 1. The molecule has 0 spiro atoms. The van der Waals surface area contributed by atoms with Gasteiger partial charge in [-0.05, 0) is 18.4 Å². The van der Waals surface area contributed by atoms with Crippen molar-refractivity contribution in [3.8, 4) is 11.5 Å². The van der Waals surface area contributed by atoms with Crippen LogP contribution >= 0.6 is 0 Å². The first-order valence-electron chi connectivity index (χ1n) is 7.02. The Bertz CT molecular complexity index is 761. The van der Waals surface area contributed by atoms with Crippen LogP contribution < -0.4 is 5.73 Å². The van der Waals surface area contributed by atoms with Gasteiger partial charge in [0.15, 0.2) is 0 Å². The lowest BCUT2D eigenvalue weighted by molar-refractivity contribution is 0.250. The quantitative estimate of drug-likeness (QED) is 0.749. The minimum absolute atomic E-state index is 0.467. The average molecular weight is 296 g/mol. The summed E-state index contributed by atoms with van der Waals surface area (Å²) in [6, 6.07) is 9.73. The van der Waals surface area contributed by atoms with E-state index in [1.807, 2.05) is 18.2 Å². The molecule has 2 heterocycles. The molecular weight excluding hydrogens is 280 g/mol. The standard InChI is InChI=1S/C15H16N6O/c16-15(22)21-9-12(17-10-21)14-18-13(19-20-14)8-4-7-11-5-2-1-3-6-11/h1-3,5-6,9-10H,4,7-8H2,(H2,16,22)(H,18,19,20). The van der Waals surface area contributed by atoms with Crippen molar-refractivity contribution in [2.45, 2.75) is 19.3 Å². The Kier molecular flexibility index (Phi) is 3.95. The van der Waals surface area contributed by atoms with Gasteiger partial charge < -0.3 is 5.73 Å². The van der Waals surface area contributed by atoms with Gasteiger partial charge in [-0.1, -0.05) is 30.3 Å². The molecule has 7 heteroatoms. The number of aromatic nitrogens is 5. The van der Waals surface area contributed by atoms with E-state index >= 15 is 0 Å². The normalized spacial score (nSPS) is 10.7. The summed E-state index contributed by atoms with van der Waals surface area (Å²) in [7, 11) is 0. The molecular formula is C15H16N6O. The molecule has 0 saturated carbocycles. The summed E-state index contributed by atoms with van der Waals surface area (Å²) < 4.78 is 1.20. The number of rotatable bonds is 5. The van der Waals surface area contributed by atoms with Gasteiger partial charge in [-0.25, -0.2) is 14.8 Å². The third-order valence-corrected chi connectivity index (χ3v) is 3.32. The number of H-pyrrole nitrogens is 1. The Labute approximate surface area is 127 Å². The molecule has 0 unspecified atom stereocenters. The molecule has 0 atom stereocenters. The largest absolute Gasteiger partial charge is 0.351 e. The third-order valence-electron chi connectivity index (χ3n) is 3.32. The second-order valence-electron chi connectivity index (χ2n) is 4.95. The number of carbonyl (C=O) groups is 1. The number of primary amides is 1. The molecule has 112 valence electrons. The number of hydrogen-bond donors (Lipinski definition) is 2. The summed E-state index contributed by atoms with van der Waals surface area (Å²) in [4.78, 5) is 19.5. The smallest absolute Gasteiger partial charge is 0.324 e. The van der Waals surface area contributed by atoms with Crippen LogP contribution in [0.1, 0.15) is 17.8 Å². The van der Waals surface area contributed by atoms with Crippen LogP contribution in [0.15, 0.2) is 42.9 Å². The lowest BCUT2D eigenvalue weighted by atomic mass is 10.1. The number of benzene rings is 1. The van der Waals surface area contributed by atoms with Crippen molar-refractivity contribution in [3.63, 3.8) is 0 Å². The third kappa shape index (κ3) is 3.20. The predicted octanol–water partition coefficient (Wildman–Crippen LogP) is 1.77. The van der Waals surface area contributed by atoms with E-state index in [9.17, 15) is 4.79 Å². The monoisotopic (exact) mass is 296 g/mol. The SMILES string of the molecule is NC(=O)n1cnc(-c2n[nH]c(CCCc3ccccc3)n2)c1. The van der Waals surface area contributed by atoms with Crippen LogP contribution in [0.3, 0.4) is 0 Å². The number of carbonyl (C=O) groups excluding carboxylic acids is 1. The van der Waals surface area contributed by atoms with Crippen molar-refractivity contribution in [3.05, 3.63) is 54.2 Å². The van der Waals surface area contributed by atoms with E-state index in [2.05, 4.69) is 32.3 Å². The average Bonchev–Trinajstić information content (AvgIpc) is 3.17. The Balaban J connectivity index is 1.60. The number of amides is 1. The highest BCUT2D eigenvalue weighted by atomic mass is 16.2. The van der Waals surface area contributed by atoms with Crippen molar-refractivity contribution in [1.82, 2.24) is 24.7 Å². The lowest BCUT2D eigenvalue weighted by Crippen LogP contribution is -2.17.